The van der Waals surface area contributed by atoms with Gasteiger partial charge in [0.05, 0.1) is 17.6 Å². The molecule has 1 aliphatic rings. The van der Waals surface area contributed by atoms with Gasteiger partial charge in [0.1, 0.15) is 5.75 Å². The number of hydrogen-bond acceptors (Lipinski definition) is 6. The third-order valence-corrected chi connectivity index (χ3v) is 5.05. The summed E-state index contributed by atoms with van der Waals surface area (Å²) in [7, 11) is -3.82. The van der Waals surface area contributed by atoms with E-state index in [0.717, 1.165) is 5.56 Å². The fraction of sp³-hybridized carbons (Fsp3) is 0.200. The Balaban J connectivity index is 1.75. The first kappa shape index (κ1) is 16.9. The lowest BCUT2D eigenvalue weighted by Gasteiger charge is -2.29. The van der Waals surface area contributed by atoms with E-state index in [1.54, 1.807) is 18.2 Å². The molecule has 0 N–H and O–H groups in total. The normalized spacial score (nSPS) is 23.6. The van der Waals surface area contributed by atoms with Gasteiger partial charge in [-0.15, -0.1) is 0 Å². The molecule has 0 aliphatic carbocycles. The number of benzene rings is 2. The molecule has 0 unspecified atom stereocenters. The summed E-state index contributed by atoms with van der Waals surface area (Å²) < 4.78 is 28.7. The maximum absolute atomic E-state index is 12.7. The zero-order chi connectivity index (χ0) is 17.2. The molecule has 1 saturated heterocycles. The monoisotopic (exact) mass is 369 g/mol. The molecule has 0 amide bonds. The van der Waals surface area contributed by atoms with Crippen LogP contribution in [0.5, 0.6) is 5.75 Å². The highest BCUT2D eigenvalue weighted by Crippen LogP contribution is 2.56. The standard InChI is InChI=1S/C15H13ClNO6P/c16-12-3-1-2-11(10-12)15-8-9-21-24(20,23-15)22-14-6-4-13(5-7-14)17(18)19/h1-7,10,15H,8-9H2/t15-,24-/m0/s1. The molecule has 1 aliphatic heterocycles. The Hall–Kier alpha value is -1.92. The maximum atomic E-state index is 12.7. The van der Waals surface area contributed by atoms with Crippen molar-refractivity contribution in [2.45, 2.75) is 12.5 Å². The number of non-ortho nitro benzene ring substituents is 1. The molecule has 0 radical (unpaired) electrons. The van der Waals surface area contributed by atoms with Crippen molar-refractivity contribution in [3.63, 3.8) is 0 Å². The Kier molecular flexibility index (Phi) is 4.87. The van der Waals surface area contributed by atoms with Gasteiger partial charge < -0.3 is 4.52 Å². The molecule has 2 aromatic rings. The van der Waals surface area contributed by atoms with Gasteiger partial charge in [-0.3, -0.25) is 19.2 Å². The number of hydrogen-bond donors (Lipinski definition) is 0. The highest BCUT2D eigenvalue weighted by molar-refractivity contribution is 7.49. The van der Waals surface area contributed by atoms with Crippen molar-refractivity contribution in [2.75, 3.05) is 6.61 Å². The number of halogens is 1. The van der Waals surface area contributed by atoms with E-state index < -0.39 is 18.8 Å². The second-order valence-electron chi connectivity index (χ2n) is 5.06. The zero-order valence-corrected chi connectivity index (χ0v) is 14.0. The van der Waals surface area contributed by atoms with Crippen molar-refractivity contribution < 1.29 is 23.1 Å². The summed E-state index contributed by atoms with van der Waals surface area (Å²) in [6.07, 6.45) is 0.0369. The molecule has 0 saturated carbocycles. The summed E-state index contributed by atoms with van der Waals surface area (Å²) >= 11 is 5.96. The molecule has 1 heterocycles. The third kappa shape index (κ3) is 3.94. The average Bonchev–Trinajstić information content (AvgIpc) is 2.55. The van der Waals surface area contributed by atoms with E-state index in [2.05, 4.69) is 0 Å². The van der Waals surface area contributed by atoms with Crippen molar-refractivity contribution in [1.82, 2.24) is 0 Å². The summed E-state index contributed by atoms with van der Waals surface area (Å²) in [5.41, 5.74) is 0.682. The average molecular weight is 370 g/mol. The zero-order valence-electron chi connectivity index (χ0n) is 12.3. The lowest BCUT2D eigenvalue weighted by molar-refractivity contribution is -0.384. The molecule has 0 spiro atoms. The van der Waals surface area contributed by atoms with Crippen LogP contribution in [-0.2, 0) is 13.6 Å². The minimum absolute atomic E-state index is 0.0945. The smallest absolute Gasteiger partial charge is 0.404 e. The summed E-state index contributed by atoms with van der Waals surface area (Å²) in [6.45, 7) is 0.196. The fourth-order valence-corrected chi connectivity index (χ4v) is 3.85. The lowest BCUT2D eigenvalue weighted by atomic mass is 10.1. The minimum Gasteiger partial charge on any atom is -0.404 e. The van der Waals surface area contributed by atoms with Crippen LogP contribution in [0.2, 0.25) is 5.02 Å². The molecule has 126 valence electrons. The maximum Gasteiger partial charge on any atom is 0.530 e. The van der Waals surface area contributed by atoms with E-state index in [0.29, 0.717) is 11.4 Å². The molecule has 3 rings (SSSR count). The summed E-state index contributed by atoms with van der Waals surface area (Å²) in [6, 6.07) is 12.2. The Labute approximate surface area is 142 Å². The topological polar surface area (TPSA) is 87.9 Å². The molecular weight excluding hydrogens is 357 g/mol. The van der Waals surface area contributed by atoms with Crippen molar-refractivity contribution in [1.29, 1.82) is 0 Å². The van der Waals surface area contributed by atoms with E-state index in [1.165, 1.54) is 24.3 Å². The molecule has 2 aromatic carbocycles. The molecule has 24 heavy (non-hydrogen) atoms. The van der Waals surface area contributed by atoms with Gasteiger partial charge in [-0.25, -0.2) is 4.57 Å². The first-order valence-electron chi connectivity index (χ1n) is 7.08. The van der Waals surface area contributed by atoms with Crippen molar-refractivity contribution >= 4 is 25.1 Å². The van der Waals surface area contributed by atoms with Gasteiger partial charge in [0.2, 0.25) is 0 Å². The van der Waals surface area contributed by atoms with E-state index in [9.17, 15) is 14.7 Å². The first-order valence-corrected chi connectivity index (χ1v) is 8.91. The summed E-state index contributed by atoms with van der Waals surface area (Å²) in [4.78, 5) is 10.1. The van der Waals surface area contributed by atoms with Crippen LogP contribution in [0.25, 0.3) is 0 Å². The Morgan fingerprint density at radius 3 is 2.67 bits per heavy atom. The predicted molar refractivity (Wildman–Crippen MR) is 87.2 cm³/mol. The van der Waals surface area contributed by atoms with Crippen LogP contribution in [-0.4, -0.2) is 11.5 Å². The molecule has 0 bridgehead atoms. The van der Waals surface area contributed by atoms with E-state index >= 15 is 0 Å². The Morgan fingerprint density at radius 2 is 2.00 bits per heavy atom. The number of phosphoric ester groups is 1. The molecule has 1 fully saturated rings. The first-order chi connectivity index (χ1) is 11.5. The van der Waals surface area contributed by atoms with Crippen LogP contribution < -0.4 is 4.52 Å². The minimum atomic E-state index is -3.82. The largest absolute Gasteiger partial charge is 0.530 e. The lowest BCUT2D eigenvalue weighted by Crippen LogP contribution is -2.16. The SMILES string of the molecule is O=[N+]([O-])c1ccc(O[P@]2(=O)OCC[C@@H](c3cccc(Cl)c3)O2)cc1. The second kappa shape index (κ2) is 6.91. The van der Waals surface area contributed by atoms with Crippen LogP contribution >= 0.6 is 19.4 Å². The van der Waals surface area contributed by atoms with Crippen LogP contribution in [0.15, 0.2) is 48.5 Å². The van der Waals surface area contributed by atoms with E-state index in [1.807, 2.05) is 6.07 Å². The molecule has 9 heteroatoms. The van der Waals surface area contributed by atoms with Gasteiger partial charge in [-0.1, -0.05) is 23.7 Å². The van der Waals surface area contributed by atoms with Gasteiger partial charge in [0, 0.05) is 23.6 Å². The van der Waals surface area contributed by atoms with E-state index in [-0.39, 0.29) is 18.0 Å². The van der Waals surface area contributed by atoms with Crippen LogP contribution in [0.3, 0.4) is 0 Å². The number of nitro groups is 1. The highest BCUT2D eigenvalue weighted by Gasteiger charge is 2.37. The molecule has 0 aromatic heterocycles. The van der Waals surface area contributed by atoms with Gasteiger partial charge >= 0.3 is 7.82 Å². The Bertz CT molecular complexity index is 797. The third-order valence-electron chi connectivity index (χ3n) is 3.37. The number of phosphoric acid groups is 1. The number of nitro benzene ring substituents is 1. The number of nitrogens with zero attached hydrogens (tertiary/aromatic N) is 1. The van der Waals surface area contributed by atoms with Crippen LogP contribution in [0.4, 0.5) is 5.69 Å². The van der Waals surface area contributed by atoms with Crippen LogP contribution in [0.1, 0.15) is 18.1 Å². The van der Waals surface area contributed by atoms with Gasteiger partial charge in [-0.2, -0.15) is 0 Å². The second-order valence-corrected chi connectivity index (χ2v) is 7.04. The molecule has 7 nitrogen and oxygen atoms in total. The van der Waals surface area contributed by atoms with Crippen molar-refractivity contribution in [2.24, 2.45) is 0 Å². The predicted octanol–water partition coefficient (Wildman–Crippen LogP) is 4.91. The number of rotatable bonds is 4. The molecular formula is C15H13ClNO6P. The van der Waals surface area contributed by atoms with Crippen molar-refractivity contribution in [3.05, 3.63) is 69.2 Å². The summed E-state index contributed by atoms with van der Waals surface area (Å²) in [5.74, 6) is 0.163. The van der Waals surface area contributed by atoms with Gasteiger partial charge in [0.15, 0.2) is 0 Å². The quantitative estimate of drug-likeness (QED) is 0.432. The Morgan fingerprint density at radius 1 is 1.25 bits per heavy atom. The summed E-state index contributed by atoms with van der Waals surface area (Å²) in [5, 5.41) is 11.2. The van der Waals surface area contributed by atoms with Gasteiger partial charge in [-0.05, 0) is 29.8 Å². The molecule has 2 atom stereocenters. The highest BCUT2D eigenvalue weighted by atomic mass is 35.5. The van der Waals surface area contributed by atoms with E-state index in [4.69, 9.17) is 25.2 Å². The fourth-order valence-electron chi connectivity index (χ4n) is 2.25. The van der Waals surface area contributed by atoms with Crippen molar-refractivity contribution in [3.8, 4) is 5.75 Å². The van der Waals surface area contributed by atoms with Gasteiger partial charge in [0.25, 0.3) is 5.69 Å². The van der Waals surface area contributed by atoms with Crippen LogP contribution in [0, 0.1) is 10.1 Å².